The lowest BCUT2D eigenvalue weighted by Gasteiger charge is -2.09. The molecule has 3 aromatic carbocycles. The van der Waals surface area contributed by atoms with E-state index in [4.69, 9.17) is 4.42 Å². The molecule has 4 rings (SSSR count). The van der Waals surface area contributed by atoms with Gasteiger partial charge in [-0.1, -0.05) is 41.7 Å². The quantitative estimate of drug-likeness (QED) is 0.605. The van der Waals surface area contributed by atoms with Gasteiger partial charge in [-0.3, -0.25) is 4.72 Å². The Kier molecular flexibility index (Phi) is 3.40. The van der Waals surface area contributed by atoms with Crippen LogP contribution >= 0.6 is 11.3 Å². The minimum absolute atomic E-state index is 0.182. The summed E-state index contributed by atoms with van der Waals surface area (Å²) in [6.45, 7) is 0. The number of nitrogens with one attached hydrogen (secondary N) is 1. The fraction of sp³-hybridized carbons (Fsp3) is 0. The Morgan fingerprint density at radius 2 is 1.71 bits per heavy atom. The predicted octanol–water partition coefficient (Wildman–Crippen LogP) is 3.81. The first-order chi connectivity index (χ1) is 11.5. The van der Waals surface area contributed by atoms with Crippen molar-refractivity contribution in [2.24, 2.45) is 0 Å². The lowest BCUT2D eigenvalue weighted by atomic mass is 10.1. The van der Waals surface area contributed by atoms with Gasteiger partial charge >= 0.3 is 4.94 Å². The van der Waals surface area contributed by atoms with Crippen LogP contribution in [0.3, 0.4) is 0 Å². The molecule has 0 atom stereocenters. The summed E-state index contributed by atoms with van der Waals surface area (Å²) in [5.41, 5.74) is 0.825. The zero-order valence-electron chi connectivity index (χ0n) is 12.2. The van der Waals surface area contributed by atoms with Crippen LogP contribution in [0.1, 0.15) is 0 Å². The van der Waals surface area contributed by atoms with Crippen molar-refractivity contribution in [1.29, 1.82) is 0 Å². The molecule has 0 aliphatic carbocycles. The number of rotatable bonds is 3. The molecule has 7 heteroatoms. The summed E-state index contributed by atoms with van der Waals surface area (Å²) in [5.74, 6) is 0. The fourth-order valence-electron chi connectivity index (χ4n) is 2.48. The Labute approximate surface area is 141 Å². The standard InChI is InChI=1S/C17H11NO4S2/c19-17-22-15-8-6-13(10-16(15)23-17)18-24(20,21)14-7-5-11-3-1-2-4-12(11)9-14/h1-10,18H. The van der Waals surface area contributed by atoms with Gasteiger partial charge < -0.3 is 4.42 Å². The predicted molar refractivity (Wildman–Crippen MR) is 95.1 cm³/mol. The summed E-state index contributed by atoms with van der Waals surface area (Å²) in [6, 6.07) is 17.3. The van der Waals surface area contributed by atoms with Gasteiger partial charge in [0.1, 0.15) is 5.58 Å². The van der Waals surface area contributed by atoms with Gasteiger partial charge in [-0.2, -0.15) is 0 Å². The fourth-order valence-corrected chi connectivity index (χ4v) is 4.28. The molecule has 1 heterocycles. The lowest BCUT2D eigenvalue weighted by molar-refractivity contribution is 0.585. The van der Waals surface area contributed by atoms with Gasteiger partial charge in [0.2, 0.25) is 0 Å². The van der Waals surface area contributed by atoms with Crippen molar-refractivity contribution in [2.75, 3.05) is 4.72 Å². The maximum absolute atomic E-state index is 12.6. The molecular formula is C17H11NO4S2. The average molecular weight is 357 g/mol. The Bertz CT molecular complexity index is 1220. The van der Waals surface area contributed by atoms with Crippen molar-refractivity contribution in [3.63, 3.8) is 0 Å². The third-order valence-corrected chi connectivity index (χ3v) is 5.78. The van der Waals surface area contributed by atoms with E-state index in [9.17, 15) is 13.2 Å². The molecule has 1 N–H and O–H groups in total. The van der Waals surface area contributed by atoms with E-state index >= 15 is 0 Å². The number of fused-ring (bicyclic) bond motifs is 2. The average Bonchev–Trinajstić information content (AvgIpc) is 2.93. The minimum atomic E-state index is -3.72. The van der Waals surface area contributed by atoms with E-state index in [1.807, 2.05) is 24.3 Å². The molecule has 0 unspecified atom stereocenters. The molecule has 5 nitrogen and oxygen atoms in total. The summed E-state index contributed by atoms with van der Waals surface area (Å²) in [4.78, 5) is 11.0. The van der Waals surface area contributed by atoms with Crippen molar-refractivity contribution in [1.82, 2.24) is 0 Å². The smallest absolute Gasteiger partial charge is 0.396 e. The Morgan fingerprint density at radius 3 is 2.54 bits per heavy atom. The third kappa shape index (κ3) is 2.68. The number of anilines is 1. The molecule has 0 fully saturated rings. The van der Waals surface area contributed by atoms with Gasteiger partial charge in [-0.15, -0.1) is 0 Å². The van der Waals surface area contributed by atoms with E-state index in [0.717, 1.165) is 22.1 Å². The van der Waals surface area contributed by atoms with Crippen LogP contribution in [-0.2, 0) is 10.0 Å². The molecule has 120 valence electrons. The summed E-state index contributed by atoms with van der Waals surface area (Å²) in [7, 11) is -3.72. The van der Waals surface area contributed by atoms with E-state index in [1.165, 1.54) is 0 Å². The SMILES string of the molecule is O=c1oc2ccc(NS(=O)(=O)c3ccc4ccccc4c3)cc2s1. The Balaban J connectivity index is 1.73. The molecule has 24 heavy (non-hydrogen) atoms. The van der Waals surface area contributed by atoms with Crippen LogP contribution < -0.4 is 9.66 Å². The molecule has 4 aromatic rings. The van der Waals surface area contributed by atoms with Gasteiger partial charge in [0.25, 0.3) is 10.0 Å². The maximum Gasteiger partial charge on any atom is 0.396 e. The van der Waals surface area contributed by atoms with Crippen molar-refractivity contribution >= 4 is 48.1 Å². The third-order valence-electron chi connectivity index (χ3n) is 3.61. The molecule has 0 amide bonds. The van der Waals surface area contributed by atoms with Gasteiger partial charge in [0, 0.05) is 0 Å². The zero-order chi connectivity index (χ0) is 16.7. The molecule has 0 aliphatic rings. The van der Waals surface area contributed by atoms with Crippen LogP contribution in [0, 0.1) is 0 Å². The molecule has 0 bridgehead atoms. The van der Waals surface area contributed by atoms with Crippen molar-refractivity contribution < 1.29 is 12.8 Å². The van der Waals surface area contributed by atoms with E-state index in [0.29, 0.717) is 16.0 Å². The number of benzene rings is 3. The molecule has 0 radical (unpaired) electrons. The van der Waals surface area contributed by atoms with Gasteiger partial charge in [0.15, 0.2) is 0 Å². The van der Waals surface area contributed by atoms with Crippen LogP contribution in [0.25, 0.3) is 21.1 Å². The highest BCUT2D eigenvalue weighted by atomic mass is 32.2. The minimum Gasteiger partial charge on any atom is -0.414 e. The second kappa shape index (κ2) is 5.47. The Morgan fingerprint density at radius 1 is 0.917 bits per heavy atom. The molecule has 0 aliphatic heterocycles. The van der Waals surface area contributed by atoms with Crippen molar-refractivity contribution in [3.8, 4) is 0 Å². The maximum atomic E-state index is 12.6. The van der Waals surface area contributed by atoms with Crippen molar-refractivity contribution in [3.05, 3.63) is 70.4 Å². The number of sulfonamides is 1. The van der Waals surface area contributed by atoms with Crippen LogP contribution in [0.4, 0.5) is 5.69 Å². The van der Waals surface area contributed by atoms with Crippen LogP contribution in [0.2, 0.25) is 0 Å². The second-order valence-corrected chi connectivity index (χ2v) is 7.89. The van der Waals surface area contributed by atoms with E-state index in [-0.39, 0.29) is 4.90 Å². The highest BCUT2D eigenvalue weighted by molar-refractivity contribution is 7.92. The summed E-state index contributed by atoms with van der Waals surface area (Å²) in [5, 5.41) is 1.82. The van der Waals surface area contributed by atoms with E-state index in [1.54, 1.807) is 36.4 Å². The van der Waals surface area contributed by atoms with E-state index < -0.39 is 15.0 Å². The van der Waals surface area contributed by atoms with Gasteiger partial charge in [0.05, 0.1) is 15.3 Å². The lowest BCUT2D eigenvalue weighted by Crippen LogP contribution is -2.12. The summed E-state index contributed by atoms with van der Waals surface area (Å²) < 4.78 is 33.3. The van der Waals surface area contributed by atoms with Crippen molar-refractivity contribution in [2.45, 2.75) is 4.90 Å². The highest BCUT2D eigenvalue weighted by Crippen LogP contribution is 2.25. The molecule has 0 saturated carbocycles. The summed E-state index contributed by atoms with van der Waals surface area (Å²) >= 11 is 0.933. The normalized spacial score (nSPS) is 11.8. The van der Waals surface area contributed by atoms with Crippen LogP contribution in [0.15, 0.2) is 74.8 Å². The summed E-state index contributed by atoms with van der Waals surface area (Å²) in [6.07, 6.45) is 0. The van der Waals surface area contributed by atoms with Crippen LogP contribution in [0.5, 0.6) is 0 Å². The van der Waals surface area contributed by atoms with E-state index in [2.05, 4.69) is 4.72 Å². The molecule has 1 aromatic heterocycles. The first kappa shape index (κ1) is 14.9. The first-order valence-corrected chi connectivity index (χ1v) is 9.37. The largest absolute Gasteiger partial charge is 0.414 e. The van der Waals surface area contributed by atoms with Crippen LogP contribution in [-0.4, -0.2) is 8.42 Å². The number of hydrogen-bond acceptors (Lipinski definition) is 5. The first-order valence-electron chi connectivity index (χ1n) is 7.07. The second-order valence-electron chi connectivity index (χ2n) is 5.23. The monoisotopic (exact) mass is 357 g/mol. The molecular weight excluding hydrogens is 346 g/mol. The number of hydrogen-bond donors (Lipinski definition) is 1. The topological polar surface area (TPSA) is 76.4 Å². The van der Waals surface area contributed by atoms with Gasteiger partial charge in [-0.25, -0.2) is 13.2 Å². The molecule has 0 saturated heterocycles. The zero-order valence-corrected chi connectivity index (χ0v) is 13.9. The molecule has 0 spiro atoms. The Hall–Kier alpha value is -2.64. The highest BCUT2D eigenvalue weighted by Gasteiger charge is 2.15. The van der Waals surface area contributed by atoms with Gasteiger partial charge in [-0.05, 0) is 41.1 Å².